The van der Waals surface area contributed by atoms with Crippen molar-refractivity contribution in [1.29, 1.82) is 0 Å². The largest absolute Gasteiger partial charge is 0.467 e. The number of nitrogens with one attached hydrogen (secondary N) is 1. The van der Waals surface area contributed by atoms with Gasteiger partial charge in [-0.15, -0.1) is 0 Å². The van der Waals surface area contributed by atoms with Crippen molar-refractivity contribution in [3.8, 4) is 0 Å². The number of amidine groups is 1. The molecule has 2 fully saturated rings. The minimum absolute atomic E-state index is 0.0432. The molecule has 1 unspecified atom stereocenters. The molecule has 0 heterocycles. The predicted molar refractivity (Wildman–Crippen MR) is 123 cm³/mol. The number of rotatable bonds is 8. The number of nitrogens with zero attached hydrogens (tertiary/aromatic N) is 1. The van der Waals surface area contributed by atoms with Crippen molar-refractivity contribution >= 4 is 17.7 Å². The second kappa shape index (κ2) is 11.9. The lowest BCUT2D eigenvalue weighted by Gasteiger charge is -2.33. The van der Waals surface area contributed by atoms with E-state index in [2.05, 4.69) is 10.5 Å². The van der Waals surface area contributed by atoms with Crippen LogP contribution in [0.4, 0.5) is 0 Å². The first-order valence-corrected chi connectivity index (χ1v) is 12.0. The number of methoxy groups -OCH3 is 1. The lowest BCUT2D eigenvalue weighted by Crippen LogP contribution is -2.50. The molecule has 2 aliphatic rings. The van der Waals surface area contributed by atoms with Crippen LogP contribution < -0.4 is 11.1 Å². The minimum atomic E-state index is -0.568. The van der Waals surface area contributed by atoms with Gasteiger partial charge in [0.2, 0.25) is 5.91 Å². The molecule has 0 aliphatic heterocycles. The fourth-order valence-electron chi connectivity index (χ4n) is 5.36. The molecule has 3 rings (SSSR count). The van der Waals surface area contributed by atoms with Crippen LogP contribution in [0.1, 0.15) is 75.3 Å². The van der Waals surface area contributed by atoms with E-state index < -0.39 is 6.04 Å². The molecule has 176 valence electrons. The van der Waals surface area contributed by atoms with Crippen molar-refractivity contribution in [3.05, 3.63) is 35.4 Å². The van der Waals surface area contributed by atoms with Gasteiger partial charge in [-0.25, -0.2) is 4.79 Å². The van der Waals surface area contributed by atoms with E-state index in [9.17, 15) is 9.59 Å². The normalized spacial score (nSPS) is 20.3. The molecule has 1 aromatic rings. The third-order valence-corrected chi connectivity index (χ3v) is 7.24. The number of ether oxygens (including phenoxy) is 1. The number of carbonyl (C=O) groups is 2. The molecule has 0 spiro atoms. The van der Waals surface area contributed by atoms with Crippen molar-refractivity contribution in [2.45, 2.75) is 76.7 Å². The van der Waals surface area contributed by atoms with Crippen molar-refractivity contribution in [2.75, 3.05) is 7.11 Å². The average molecular weight is 444 g/mol. The SMILES string of the molecule is COC(=O)C(NC(=O)[C@@H](Cc1ccc(C(N)=NO)cc1)C1CCCCC1)C1CCCCC1. The zero-order valence-electron chi connectivity index (χ0n) is 19.1. The molecular weight excluding hydrogens is 406 g/mol. The van der Waals surface area contributed by atoms with Gasteiger partial charge in [0.05, 0.1) is 7.11 Å². The molecule has 2 saturated carbocycles. The molecule has 2 atom stereocenters. The maximum atomic E-state index is 13.6. The first-order valence-electron chi connectivity index (χ1n) is 12.0. The summed E-state index contributed by atoms with van der Waals surface area (Å²) in [4.78, 5) is 26.1. The van der Waals surface area contributed by atoms with Crippen molar-refractivity contribution < 1.29 is 19.5 Å². The summed E-state index contributed by atoms with van der Waals surface area (Å²) in [7, 11) is 1.39. The summed E-state index contributed by atoms with van der Waals surface area (Å²) in [6.45, 7) is 0. The number of hydrogen-bond donors (Lipinski definition) is 3. The maximum absolute atomic E-state index is 13.6. The van der Waals surface area contributed by atoms with E-state index in [0.717, 1.165) is 56.9 Å². The van der Waals surface area contributed by atoms with Crippen molar-refractivity contribution in [3.63, 3.8) is 0 Å². The molecule has 1 aromatic carbocycles. The Labute approximate surface area is 190 Å². The number of oxime groups is 1. The number of benzene rings is 1. The fourth-order valence-corrected chi connectivity index (χ4v) is 5.36. The first kappa shape index (κ1) is 24.1. The quantitative estimate of drug-likeness (QED) is 0.186. The Morgan fingerprint density at radius 1 is 1.03 bits per heavy atom. The van der Waals surface area contributed by atoms with Crippen LogP contribution in [-0.2, 0) is 20.7 Å². The van der Waals surface area contributed by atoms with Gasteiger partial charge >= 0.3 is 5.97 Å². The van der Waals surface area contributed by atoms with Crippen LogP contribution >= 0.6 is 0 Å². The van der Waals surface area contributed by atoms with Gasteiger partial charge in [-0.05, 0) is 49.5 Å². The first-order chi connectivity index (χ1) is 15.5. The number of nitrogens with two attached hydrogens (primary N) is 1. The van der Waals surface area contributed by atoms with E-state index in [4.69, 9.17) is 15.7 Å². The molecule has 0 radical (unpaired) electrons. The highest BCUT2D eigenvalue weighted by Gasteiger charge is 2.36. The van der Waals surface area contributed by atoms with Crippen LogP contribution in [0.3, 0.4) is 0 Å². The van der Waals surface area contributed by atoms with Crippen LogP contribution in [0.25, 0.3) is 0 Å². The maximum Gasteiger partial charge on any atom is 0.328 e. The Hall–Kier alpha value is -2.57. The topological polar surface area (TPSA) is 114 Å². The van der Waals surface area contributed by atoms with E-state index in [1.165, 1.54) is 20.0 Å². The standard InChI is InChI=1S/C25H37N3O4/c1-32-25(30)22(19-10-6-3-7-11-19)27-24(29)21(18-8-4-2-5-9-18)16-17-12-14-20(15-13-17)23(26)28-31/h12-15,18-19,21-22,31H,2-11,16H2,1H3,(H2,26,28)(H,27,29)/t21-,22?/m0/s1. The Bertz CT molecular complexity index is 781. The van der Waals surface area contributed by atoms with E-state index in [0.29, 0.717) is 17.9 Å². The molecule has 2 aliphatic carbocycles. The van der Waals surface area contributed by atoms with Gasteiger partial charge in [-0.3, -0.25) is 4.79 Å². The summed E-state index contributed by atoms with van der Waals surface area (Å²) in [6.07, 6.45) is 11.4. The summed E-state index contributed by atoms with van der Waals surface area (Å²) in [5.74, 6) is -0.0641. The highest BCUT2D eigenvalue weighted by molar-refractivity contribution is 5.97. The van der Waals surface area contributed by atoms with Gasteiger partial charge in [-0.2, -0.15) is 0 Å². The molecule has 0 bridgehead atoms. The zero-order chi connectivity index (χ0) is 22.9. The lowest BCUT2D eigenvalue weighted by molar-refractivity contribution is -0.148. The summed E-state index contributed by atoms with van der Waals surface area (Å²) in [6, 6.07) is 6.89. The van der Waals surface area contributed by atoms with Gasteiger partial charge in [0, 0.05) is 11.5 Å². The van der Waals surface area contributed by atoms with Gasteiger partial charge in [0.15, 0.2) is 5.84 Å². The highest BCUT2D eigenvalue weighted by Crippen LogP contribution is 2.33. The minimum Gasteiger partial charge on any atom is -0.467 e. The molecule has 1 amide bonds. The average Bonchev–Trinajstić information content (AvgIpc) is 2.86. The van der Waals surface area contributed by atoms with Crippen molar-refractivity contribution in [2.24, 2.45) is 28.6 Å². The van der Waals surface area contributed by atoms with E-state index >= 15 is 0 Å². The van der Waals surface area contributed by atoms with Crippen LogP contribution in [0.15, 0.2) is 29.4 Å². The van der Waals surface area contributed by atoms with Crippen LogP contribution in [0.5, 0.6) is 0 Å². The monoisotopic (exact) mass is 443 g/mol. The summed E-state index contributed by atoms with van der Waals surface area (Å²) >= 11 is 0. The van der Waals surface area contributed by atoms with Gasteiger partial charge in [0.1, 0.15) is 6.04 Å². The van der Waals surface area contributed by atoms with Gasteiger partial charge in [0.25, 0.3) is 0 Å². The van der Waals surface area contributed by atoms with Gasteiger partial charge in [-0.1, -0.05) is 67.9 Å². The number of amides is 1. The number of esters is 1. The Morgan fingerprint density at radius 3 is 2.12 bits per heavy atom. The smallest absolute Gasteiger partial charge is 0.328 e. The third kappa shape index (κ3) is 6.24. The van der Waals surface area contributed by atoms with E-state index in [-0.39, 0.29) is 29.5 Å². The summed E-state index contributed by atoms with van der Waals surface area (Å²) in [5, 5.41) is 15.0. The van der Waals surface area contributed by atoms with E-state index in [1.54, 1.807) is 12.1 Å². The summed E-state index contributed by atoms with van der Waals surface area (Å²) < 4.78 is 5.06. The van der Waals surface area contributed by atoms with E-state index in [1.807, 2.05) is 12.1 Å². The fraction of sp³-hybridized carbons (Fsp3) is 0.640. The zero-order valence-corrected chi connectivity index (χ0v) is 19.1. The Morgan fingerprint density at radius 2 is 1.59 bits per heavy atom. The molecule has 0 aromatic heterocycles. The molecule has 7 heteroatoms. The van der Waals surface area contributed by atoms with Crippen LogP contribution in [0, 0.1) is 17.8 Å². The predicted octanol–water partition coefficient (Wildman–Crippen LogP) is 3.76. The molecule has 32 heavy (non-hydrogen) atoms. The second-order valence-electron chi connectivity index (χ2n) is 9.30. The summed E-state index contributed by atoms with van der Waals surface area (Å²) in [5.41, 5.74) is 7.33. The molecular formula is C25H37N3O4. The highest BCUT2D eigenvalue weighted by atomic mass is 16.5. The Balaban J connectivity index is 1.77. The lowest BCUT2D eigenvalue weighted by atomic mass is 9.76. The molecule has 4 N–H and O–H groups in total. The number of hydrogen-bond acceptors (Lipinski definition) is 5. The third-order valence-electron chi connectivity index (χ3n) is 7.24. The van der Waals surface area contributed by atoms with Crippen LogP contribution in [0.2, 0.25) is 0 Å². The molecule has 0 saturated heterocycles. The second-order valence-corrected chi connectivity index (χ2v) is 9.30. The molecule has 7 nitrogen and oxygen atoms in total. The van der Waals surface area contributed by atoms with Gasteiger partial charge < -0.3 is 21.0 Å². The Kier molecular flexibility index (Phi) is 8.94. The van der Waals surface area contributed by atoms with Crippen molar-refractivity contribution in [1.82, 2.24) is 5.32 Å². The number of carbonyl (C=O) groups excluding carboxylic acids is 2. The van der Waals surface area contributed by atoms with Crippen LogP contribution in [-0.4, -0.2) is 36.1 Å².